The van der Waals surface area contributed by atoms with Crippen LogP contribution in [-0.2, 0) is 4.79 Å². The average molecular weight is 380 g/mol. The lowest BCUT2D eigenvalue weighted by molar-refractivity contribution is -0.134. The second-order valence-corrected chi connectivity index (χ2v) is 7.87. The van der Waals surface area contributed by atoms with E-state index in [0.29, 0.717) is 23.1 Å². The molecular weight excluding hydrogens is 352 g/mol. The molecule has 0 saturated carbocycles. The SMILES string of the molecule is CC1CC(C)CN(C(=O)CC(N)c2ccc(C(=O)Nc3ccncc3)cc2)C1. The zero-order valence-corrected chi connectivity index (χ0v) is 16.5. The Balaban J connectivity index is 1.58. The van der Waals surface area contributed by atoms with E-state index >= 15 is 0 Å². The summed E-state index contributed by atoms with van der Waals surface area (Å²) in [7, 11) is 0. The summed E-state index contributed by atoms with van der Waals surface area (Å²) in [4.78, 5) is 30.8. The van der Waals surface area contributed by atoms with Crippen molar-refractivity contribution in [3.8, 4) is 0 Å². The molecule has 0 aliphatic carbocycles. The highest BCUT2D eigenvalue weighted by Crippen LogP contribution is 2.23. The Morgan fingerprint density at radius 3 is 2.32 bits per heavy atom. The van der Waals surface area contributed by atoms with E-state index in [1.165, 1.54) is 6.42 Å². The minimum absolute atomic E-state index is 0.102. The lowest BCUT2D eigenvalue weighted by atomic mass is 9.91. The lowest BCUT2D eigenvalue weighted by Crippen LogP contribution is -2.43. The highest BCUT2D eigenvalue weighted by atomic mass is 16.2. The lowest BCUT2D eigenvalue weighted by Gasteiger charge is -2.35. The number of pyridine rings is 1. The van der Waals surface area contributed by atoms with Gasteiger partial charge in [0.2, 0.25) is 5.91 Å². The van der Waals surface area contributed by atoms with Gasteiger partial charge in [-0.15, -0.1) is 0 Å². The number of aromatic nitrogens is 1. The van der Waals surface area contributed by atoms with Crippen LogP contribution >= 0.6 is 0 Å². The fourth-order valence-corrected chi connectivity index (χ4v) is 3.82. The van der Waals surface area contributed by atoms with Crippen molar-refractivity contribution in [1.82, 2.24) is 9.88 Å². The monoisotopic (exact) mass is 380 g/mol. The van der Waals surface area contributed by atoms with Gasteiger partial charge in [0.25, 0.3) is 5.91 Å². The smallest absolute Gasteiger partial charge is 0.255 e. The summed E-state index contributed by atoms with van der Waals surface area (Å²) in [6.07, 6.45) is 4.69. The molecule has 3 N–H and O–H groups in total. The van der Waals surface area contributed by atoms with Crippen molar-refractivity contribution in [3.63, 3.8) is 0 Å². The molecule has 1 aromatic carbocycles. The van der Waals surface area contributed by atoms with Gasteiger partial charge in [0, 0.05) is 49.2 Å². The Labute approximate surface area is 166 Å². The van der Waals surface area contributed by atoms with Gasteiger partial charge in [-0.05, 0) is 48.1 Å². The van der Waals surface area contributed by atoms with E-state index in [1.54, 1.807) is 36.7 Å². The normalized spacial score (nSPS) is 20.5. The van der Waals surface area contributed by atoms with Gasteiger partial charge in [-0.25, -0.2) is 0 Å². The third kappa shape index (κ3) is 5.16. The van der Waals surface area contributed by atoms with Crippen LogP contribution < -0.4 is 11.1 Å². The van der Waals surface area contributed by atoms with Crippen molar-refractivity contribution in [2.24, 2.45) is 17.6 Å². The number of hydrogen-bond donors (Lipinski definition) is 2. The van der Waals surface area contributed by atoms with Crippen LogP contribution in [0.2, 0.25) is 0 Å². The van der Waals surface area contributed by atoms with Gasteiger partial charge in [-0.3, -0.25) is 14.6 Å². The number of benzene rings is 1. The zero-order chi connectivity index (χ0) is 20.1. The average Bonchev–Trinajstić information content (AvgIpc) is 2.68. The molecule has 1 saturated heterocycles. The maximum absolute atomic E-state index is 12.6. The Bertz CT molecular complexity index is 797. The first-order valence-corrected chi connectivity index (χ1v) is 9.77. The van der Waals surface area contributed by atoms with Crippen molar-refractivity contribution in [3.05, 3.63) is 59.9 Å². The summed E-state index contributed by atoms with van der Waals surface area (Å²) < 4.78 is 0. The van der Waals surface area contributed by atoms with Gasteiger partial charge in [0.15, 0.2) is 0 Å². The van der Waals surface area contributed by atoms with Gasteiger partial charge in [0.05, 0.1) is 0 Å². The first-order chi connectivity index (χ1) is 13.4. The first-order valence-electron chi connectivity index (χ1n) is 9.77. The number of carbonyl (C=O) groups is 2. The quantitative estimate of drug-likeness (QED) is 0.833. The molecule has 0 bridgehead atoms. The highest BCUT2D eigenvalue weighted by molar-refractivity contribution is 6.04. The number of amides is 2. The summed E-state index contributed by atoms with van der Waals surface area (Å²) in [6.45, 7) is 5.99. The van der Waals surface area contributed by atoms with Crippen LogP contribution in [0.25, 0.3) is 0 Å². The molecule has 2 amide bonds. The Morgan fingerprint density at radius 1 is 1.11 bits per heavy atom. The molecule has 2 aromatic rings. The molecule has 0 radical (unpaired) electrons. The molecule has 1 aliphatic heterocycles. The van der Waals surface area contributed by atoms with Crippen LogP contribution in [0, 0.1) is 11.8 Å². The summed E-state index contributed by atoms with van der Waals surface area (Å²) in [5, 5.41) is 2.82. The predicted molar refractivity (Wildman–Crippen MR) is 110 cm³/mol. The predicted octanol–water partition coefficient (Wildman–Crippen LogP) is 3.23. The molecule has 3 rings (SSSR count). The Morgan fingerprint density at radius 2 is 1.71 bits per heavy atom. The van der Waals surface area contributed by atoms with Gasteiger partial charge in [-0.2, -0.15) is 0 Å². The summed E-state index contributed by atoms with van der Waals surface area (Å²) >= 11 is 0. The third-order valence-electron chi connectivity index (χ3n) is 5.16. The largest absolute Gasteiger partial charge is 0.342 e. The van der Waals surface area contributed by atoms with Crippen LogP contribution in [0.3, 0.4) is 0 Å². The van der Waals surface area contributed by atoms with Crippen molar-refractivity contribution in [2.75, 3.05) is 18.4 Å². The van der Waals surface area contributed by atoms with Crippen molar-refractivity contribution >= 4 is 17.5 Å². The van der Waals surface area contributed by atoms with Crippen LogP contribution in [0.4, 0.5) is 5.69 Å². The van der Waals surface area contributed by atoms with Crippen LogP contribution in [-0.4, -0.2) is 34.8 Å². The fraction of sp³-hybridized carbons (Fsp3) is 0.409. The molecule has 3 unspecified atom stereocenters. The van der Waals surface area contributed by atoms with Crippen LogP contribution in [0.5, 0.6) is 0 Å². The van der Waals surface area contributed by atoms with E-state index in [0.717, 1.165) is 18.7 Å². The molecule has 1 aromatic heterocycles. The second kappa shape index (κ2) is 8.97. The Hall–Kier alpha value is -2.73. The molecular formula is C22H28N4O2. The summed E-state index contributed by atoms with van der Waals surface area (Å²) in [6, 6.07) is 10.2. The molecule has 0 spiro atoms. The van der Waals surface area contributed by atoms with Crippen molar-refractivity contribution in [2.45, 2.75) is 32.7 Å². The molecule has 148 valence electrons. The topological polar surface area (TPSA) is 88.3 Å². The van der Waals surface area contributed by atoms with Crippen molar-refractivity contribution < 1.29 is 9.59 Å². The molecule has 28 heavy (non-hydrogen) atoms. The molecule has 3 atom stereocenters. The first kappa shape index (κ1) is 20.0. The van der Waals surface area contributed by atoms with Crippen LogP contribution in [0.15, 0.2) is 48.8 Å². The van der Waals surface area contributed by atoms with E-state index in [1.807, 2.05) is 17.0 Å². The minimum Gasteiger partial charge on any atom is -0.342 e. The Kier molecular flexibility index (Phi) is 6.41. The molecule has 6 heteroatoms. The van der Waals surface area contributed by atoms with E-state index in [4.69, 9.17) is 5.73 Å². The number of rotatable bonds is 5. The molecule has 1 fully saturated rings. The molecule has 1 aliphatic rings. The number of nitrogens with zero attached hydrogens (tertiary/aromatic N) is 2. The van der Waals surface area contributed by atoms with Gasteiger partial charge in [-0.1, -0.05) is 26.0 Å². The van der Waals surface area contributed by atoms with E-state index in [9.17, 15) is 9.59 Å². The number of hydrogen-bond acceptors (Lipinski definition) is 4. The second-order valence-electron chi connectivity index (χ2n) is 7.87. The maximum Gasteiger partial charge on any atom is 0.255 e. The van der Waals surface area contributed by atoms with Gasteiger partial charge in [0.1, 0.15) is 0 Å². The van der Waals surface area contributed by atoms with Crippen molar-refractivity contribution in [1.29, 1.82) is 0 Å². The fourth-order valence-electron chi connectivity index (χ4n) is 3.82. The van der Waals surface area contributed by atoms with E-state index in [2.05, 4.69) is 24.1 Å². The summed E-state index contributed by atoms with van der Waals surface area (Å²) in [5.41, 5.74) is 8.35. The standard InChI is InChI=1S/C22H28N4O2/c1-15-11-16(2)14-26(13-15)21(27)12-20(23)17-3-5-18(6-4-17)22(28)25-19-7-9-24-10-8-19/h3-10,15-16,20H,11-14,23H2,1-2H3,(H,24,25,28). The maximum atomic E-state index is 12.6. The molecule has 2 heterocycles. The minimum atomic E-state index is -0.377. The van der Waals surface area contributed by atoms with Gasteiger partial charge < -0.3 is 16.0 Å². The summed E-state index contributed by atoms with van der Waals surface area (Å²) in [5.74, 6) is 0.966. The zero-order valence-electron chi connectivity index (χ0n) is 16.5. The van der Waals surface area contributed by atoms with Crippen LogP contribution in [0.1, 0.15) is 48.7 Å². The number of nitrogens with two attached hydrogens (primary N) is 1. The molecule has 6 nitrogen and oxygen atoms in total. The number of anilines is 1. The highest BCUT2D eigenvalue weighted by Gasteiger charge is 2.26. The van der Waals surface area contributed by atoms with E-state index < -0.39 is 0 Å². The van der Waals surface area contributed by atoms with E-state index in [-0.39, 0.29) is 24.3 Å². The number of carbonyl (C=O) groups excluding carboxylic acids is 2. The number of nitrogens with one attached hydrogen (secondary N) is 1. The third-order valence-corrected chi connectivity index (χ3v) is 5.16. The number of piperidine rings is 1. The number of likely N-dealkylation sites (tertiary alicyclic amines) is 1. The van der Waals surface area contributed by atoms with Gasteiger partial charge >= 0.3 is 0 Å².